The molecule has 0 aliphatic rings. The van der Waals surface area contributed by atoms with Crippen LogP contribution in [0.25, 0.3) is 10.1 Å². The molecule has 0 fully saturated rings. The van der Waals surface area contributed by atoms with Crippen LogP contribution in [0.1, 0.15) is 11.1 Å². The van der Waals surface area contributed by atoms with Crippen molar-refractivity contribution in [1.29, 1.82) is 5.26 Å². The molecular weight excluding hydrogens is 214 g/mol. The fraction of sp³-hybridized carbons (Fsp3) is 0.100. The summed E-state index contributed by atoms with van der Waals surface area (Å²) in [6, 6.07) is 5.77. The number of aliphatic hydroxyl groups is 1. The summed E-state index contributed by atoms with van der Waals surface area (Å²) >= 11 is 5.77. The molecule has 2 nitrogen and oxygen atoms in total. The Balaban J connectivity index is 2.89. The fourth-order valence-corrected chi connectivity index (χ4v) is 2.80. The van der Waals surface area contributed by atoms with Gasteiger partial charge in [0.25, 0.3) is 0 Å². The fourth-order valence-electron chi connectivity index (χ4n) is 1.39. The normalized spacial score (nSPS) is 10.4. The first-order valence-electron chi connectivity index (χ1n) is 4.01. The highest BCUT2D eigenvalue weighted by Crippen LogP contribution is 2.33. The van der Waals surface area contributed by atoms with Crippen LogP contribution in [-0.4, -0.2) is 5.11 Å². The molecule has 0 saturated heterocycles. The van der Waals surface area contributed by atoms with Crippen molar-refractivity contribution in [2.75, 3.05) is 0 Å². The minimum atomic E-state index is -0.00403. The Hall–Kier alpha value is -1.02. The van der Waals surface area contributed by atoms with Crippen molar-refractivity contribution in [3.05, 3.63) is 28.6 Å². The Labute approximate surface area is 90.8 Å². The second kappa shape index (κ2) is 3.62. The van der Waals surface area contributed by atoms with Gasteiger partial charge in [-0.25, -0.2) is 0 Å². The Bertz CT molecular complexity index is 525. The molecule has 1 aromatic carbocycles. The lowest BCUT2D eigenvalue weighted by Crippen LogP contribution is -1.83. The van der Waals surface area contributed by atoms with Gasteiger partial charge in [0.05, 0.1) is 12.2 Å². The van der Waals surface area contributed by atoms with E-state index in [0.29, 0.717) is 5.56 Å². The van der Waals surface area contributed by atoms with Crippen molar-refractivity contribution < 1.29 is 5.11 Å². The molecule has 0 radical (unpaired) electrons. The van der Waals surface area contributed by atoms with E-state index >= 15 is 0 Å². The van der Waals surface area contributed by atoms with Crippen LogP contribution < -0.4 is 0 Å². The quantitative estimate of drug-likeness (QED) is 0.727. The number of hydrogen-bond acceptors (Lipinski definition) is 4. The number of thiophene rings is 1. The van der Waals surface area contributed by atoms with Crippen molar-refractivity contribution >= 4 is 34.1 Å². The van der Waals surface area contributed by atoms with Gasteiger partial charge in [-0.1, -0.05) is 6.07 Å². The molecule has 1 aromatic heterocycles. The summed E-state index contributed by atoms with van der Waals surface area (Å²) in [5, 5.41) is 20.6. The van der Waals surface area contributed by atoms with E-state index in [1.807, 2.05) is 12.1 Å². The average molecular weight is 221 g/mol. The summed E-state index contributed by atoms with van der Waals surface area (Å²) in [5.74, 6) is 0. The molecule has 0 unspecified atom stereocenters. The predicted molar refractivity (Wildman–Crippen MR) is 59.7 cm³/mol. The van der Waals surface area contributed by atoms with Crippen LogP contribution in [0.4, 0.5) is 0 Å². The molecule has 2 rings (SSSR count). The number of nitriles is 1. The zero-order chi connectivity index (χ0) is 10.1. The van der Waals surface area contributed by atoms with Crippen LogP contribution in [0.3, 0.4) is 0 Å². The molecule has 0 aliphatic carbocycles. The first-order chi connectivity index (χ1) is 6.77. The monoisotopic (exact) mass is 221 g/mol. The van der Waals surface area contributed by atoms with Crippen LogP contribution in [0.2, 0.25) is 0 Å². The summed E-state index contributed by atoms with van der Waals surface area (Å²) in [6.07, 6.45) is 0. The van der Waals surface area contributed by atoms with Crippen LogP contribution in [-0.2, 0) is 6.61 Å². The molecule has 2 aromatic rings. The third-order valence-electron chi connectivity index (χ3n) is 2.07. The zero-order valence-corrected chi connectivity index (χ0v) is 8.90. The van der Waals surface area contributed by atoms with Crippen LogP contribution in [0.15, 0.2) is 22.4 Å². The number of thiol groups is 1. The summed E-state index contributed by atoms with van der Waals surface area (Å²) in [6.45, 7) is -0.00403. The van der Waals surface area contributed by atoms with Gasteiger partial charge in [0.1, 0.15) is 6.07 Å². The van der Waals surface area contributed by atoms with Gasteiger partial charge in [0.15, 0.2) is 0 Å². The lowest BCUT2D eigenvalue weighted by Gasteiger charge is -2.00. The first kappa shape index (κ1) is 9.53. The van der Waals surface area contributed by atoms with Gasteiger partial charge in [0, 0.05) is 20.4 Å². The van der Waals surface area contributed by atoms with Crippen molar-refractivity contribution in [2.45, 2.75) is 11.5 Å². The maximum Gasteiger partial charge on any atom is 0.101 e. The smallest absolute Gasteiger partial charge is 0.101 e. The van der Waals surface area contributed by atoms with Gasteiger partial charge in [-0.15, -0.1) is 24.0 Å². The van der Waals surface area contributed by atoms with E-state index in [-0.39, 0.29) is 6.61 Å². The number of hydrogen-bond donors (Lipinski definition) is 2. The van der Waals surface area contributed by atoms with E-state index in [1.54, 1.807) is 5.38 Å². The van der Waals surface area contributed by atoms with Gasteiger partial charge >= 0.3 is 0 Å². The van der Waals surface area contributed by atoms with Crippen molar-refractivity contribution in [3.63, 3.8) is 0 Å². The molecule has 0 bridgehead atoms. The van der Waals surface area contributed by atoms with E-state index in [1.165, 1.54) is 11.3 Å². The van der Waals surface area contributed by atoms with E-state index in [9.17, 15) is 0 Å². The zero-order valence-electron chi connectivity index (χ0n) is 7.19. The van der Waals surface area contributed by atoms with Crippen molar-refractivity contribution in [3.8, 4) is 6.07 Å². The van der Waals surface area contributed by atoms with E-state index in [0.717, 1.165) is 20.5 Å². The summed E-state index contributed by atoms with van der Waals surface area (Å²) in [4.78, 5) is 0.787. The number of rotatable bonds is 1. The molecule has 14 heavy (non-hydrogen) atoms. The third-order valence-corrected chi connectivity index (χ3v) is 3.50. The second-order valence-corrected chi connectivity index (χ2v) is 4.23. The molecule has 1 N–H and O–H groups in total. The largest absolute Gasteiger partial charge is 0.392 e. The van der Waals surface area contributed by atoms with Gasteiger partial charge < -0.3 is 5.11 Å². The van der Waals surface area contributed by atoms with Crippen molar-refractivity contribution in [1.82, 2.24) is 0 Å². The molecule has 0 aliphatic heterocycles. The minimum absolute atomic E-state index is 0.00403. The lowest BCUT2D eigenvalue weighted by atomic mass is 10.1. The summed E-state index contributed by atoms with van der Waals surface area (Å²) in [5.41, 5.74) is 1.48. The molecule has 70 valence electrons. The highest BCUT2D eigenvalue weighted by Gasteiger charge is 2.09. The molecule has 4 heteroatoms. The van der Waals surface area contributed by atoms with Crippen LogP contribution in [0.5, 0.6) is 0 Å². The molecule has 1 heterocycles. The summed E-state index contributed by atoms with van der Waals surface area (Å²) < 4.78 is 0.955. The second-order valence-electron chi connectivity index (χ2n) is 2.87. The number of nitrogens with zero attached hydrogens (tertiary/aromatic N) is 1. The van der Waals surface area contributed by atoms with Crippen LogP contribution >= 0.6 is 24.0 Å². The van der Waals surface area contributed by atoms with E-state index in [2.05, 4.69) is 18.7 Å². The average Bonchev–Trinajstić information content (AvgIpc) is 2.63. The molecule has 0 atom stereocenters. The van der Waals surface area contributed by atoms with Crippen molar-refractivity contribution in [2.24, 2.45) is 0 Å². The number of aliphatic hydroxyl groups excluding tert-OH is 1. The van der Waals surface area contributed by atoms with Gasteiger partial charge in [-0.3, -0.25) is 0 Å². The van der Waals surface area contributed by atoms with E-state index < -0.39 is 0 Å². The standard InChI is InChI=1S/C10H7NOS2/c11-3-7-5-14-10-6(4-12)1-2-8(13)9(7)10/h1-2,5,12-13H,4H2. The number of fused-ring (bicyclic) bond motifs is 1. The Morgan fingerprint density at radius 2 is 2.29 bits per heavy atom. The lowest BCUT2D eigenvalue weighted by molar-refractivity contribution is 0.283. The molecule has 0 spiro atoms. The Morgan fingerprint density at radius 3 is 2.93 bits per heavy atom. The topological polar surface area (TPSA) is 44.0 Å². The van der Waals surface area contributed by atoms with Gasteiger partial charge in [-0.05, 0) is 11.6 Å². The summed E-state index contributed by atoms with van der Waals surface area (Å²) in [7, 11) is 0. The Kier molecular flexibility index (Phi) is 2.46. The van der Waals surface area contributed by atoms with Gasteiger partial charge in [0.2, 0.25) is 0 Å². The highest BCUT2D eigenvalue weighted by molar-refractivity contribution is 7.80. The predicted octanol–water partition coefficient (Wildman–Crippen LogP) is 2.55. The highest BCUT2D eigenvalue weighted by atomic mass is 32.1. The number of benzene rings is 1. The molecule has 0 amide bonds. The molecule has 0 saturated carbocycles. The van der Waals surface area contributed by atoms with E-state index in [4.69, 9.17) is 10.4 Å². The Morgan fingerprint density at radius 1 is 1.50 bits per heavy atom. The maximum absolute atomic E-state index is 9.11. The third kappa shape index (κ3) is 1.30. The van der Waals surface area contributed by atoms with Gasteiger partial charge in [-0.2, -0.15) is 5.26 Å². The minimum Gasteiger partial charge on any atom is -0.392 e. The SMILES string of the molecule is N#Cc1csc2c(CO)ccc(S)c12. The maximum atomic E-state index is 9.11. The molecular formula is C10H7NOS2. The first-order valence-corrected chi connectivity index (χ1v) is 5.33. The van der Waals surface area contributed by atoms with Crippen LogP contribution in [0, 0.1) is 11.3 Å².